The van der Waals surface area contributed by atoms with Gasteiger partial charge in [-0.25, -0.2) is 9.37 Å². The van der Waals surface area contributed by atoms with Crippen LogP contribution in [0.25, 0.3) is 11.3 Å². The van der Waals surface area contributed by atoms with Gasteiger partial charge in [0.1, 0.15) is 17.4 Å². The van der Waals surface area contributed by atoms with Crippen molar-refractivity contribution in [3.8, 4) is 11.3 Å². The number of amides is 3. The number of benzene rings is 3. The average Bonchev–Trinajstić information content (AvgIpc) is 3.79. The zero-order valence-electron chi connectivity index (χ0n) is 29.4. The van der Waals surface area contributed by atoms with Crippen molar-refractivity contribution in [2.75, 3.05) is 53.3 Å². The van der Waals surface area contributed by atoms with Gasteiger partial charge < -0.3 is 29.6 Å². The van der Waals surface area contributed by atoms with E-state index in [1.54, 1.807) is 35.2 Å². The van der Waals surface area contributed by atoms with Crippen molar-refractivity contribution in [2.24, 2.45) is 5.41 Å². The standard InChI is InChI=1S/C42H37ClFN5O5/c43-31-7-4-8-32(44)36(31)47-40(51)35-22-27-15-18-49(34-10-2-1-6-29(34)37(27)54-35)41(52)25-11-13-28(14-12-25)45-39(50)30-21-26-5-3-9-33(26)46-38(30)48-23-42(24-48)16-19-53-20-17-42/h1-2,4,6-8,10-14,21-22H,3,5,9,15-20,23-24H2,(H,45,50)(H,47,51). The molecule has 3 aliphatic heterocycles. The lowest BCUT2D eigenvalue weighted by Crippen LogP contribution is -2.59. The summed E-state index contributed by atoms with van der Waals surface area (Å²) in [6, 6.07) is 22.0. The minimum atomic E-state index is -0.657. The maximum atomic E-state index is 14.4. The number of carbonyl (C=O) groups excluding carboxylic acids is 3. The molecule has 4 aliphatic rings. The quantitative estimate of drug-likeness (QED) is 0.181. The molecule has 0 atom stereocenters. The molecular formula is C42H37ClFN5O5. The molecule has 2 fully saturated rings. The van der Waals surface area contributed by atoms with E-state index in [1.807, 2.05) is 30.3 Å². The van der Waals surface area contributed by atoms with Crippen molar-refractivity contribution in [1.29, 1.82) is 0 Å². The third-order valence-electron chi connectivity index (χ3n) is 11.1. The monoisotopic (exact) mass is 745 g/mol. The largest absolute Gasteiger partial charge is 0.451 e. The Balaban J connectivity index is 0.917. The van der Waals surface area contributed by atoms with Crippen molar-refractivity contribution in [3.63, 3.8) is 0 Å². The van der Waals surface area contributed by atoms with Crippen LogP contribution in [0.15, 0.2) is 83.3 Å². The highest BCUT2D eigenvalue weighted by molar-refractivity contribution is 6.34. The van der Waals surface area contributed by atoms with Gasteiger partial charge in [0.15, 0.2) is 5.76 Å². The Bertz CT molecular complexity index is 2290. The lowest BCUT2D eigenvalue weighted by atomic mass is 9.73. The molecule has 0 radical (unpaired) electrons. The molecule has 1 spiro atoms. The molecule has 10 nitrogen and oxygen atoms in total. The number of halogens is 2. The van der Waals surface area contributed by atoms with Gasteiger partial charge in [-0.2, -0.15) is 0 Å². The molecule has 2 N–H and O–H groups in total. The number of carbonyl (C=O) groups is 3. The average molecular weight is 746 g/mol. The first-order valence-corrected chi connectivity index (χ1v) is 18.7. The SMILES string of the molecule is O=C(Nc1c(F)cccc1Cl)c1cc2c(o1)-c1ccccc1N(C(=O)c1ccc(NC(=O)c3cc4c(nc3N3CC5(CCOCC5)C3)CCC4)cc1)CC2. The Morgan fingerprint density at radius 1 is 0.852 bits per heavy atom. The van der Waals surface area contributed by atoms with E-state index in [4.69, 9.17) is 25.7 Å². The Kier molecular flexibility index (Phi) is 8.70. The second-order valence-corrected chi connectivity index (χ2v) is 15.0. The molecule has 0 unspecified atom stereocenters. The lowest BCUT2D eigenvalue weighted by Gasteiger charge is -2.53. The van der Waals surface area contributed by atoms with Crippen molar-refractivity contribution < 1.29 is 27.9 Å². The minimum absolute atomic E-state index is 0.00226. The zero-order valence-corrected chi connectivity index (χ0v) is 30.2. The van der Waals surface area contributed by atoms with E-state index in [0.29, 0.717) is 46.8 Å². The number of hydrogen-bond donors (Lipinski definition) is 2. The van der Waals surface area contributed by atoms with E-state index in [-0.39, 0.29) is 33.7 Å². The van der Waals surface area contributed by atoms with Gasteiger partial charge >= 0.3 is 0 Å². The van der Waals surface area contributed by atoms with Crippen LogP contribution in [0, 0.1) is 11.2 Å². The molecule has 3 aromatic carbocycles. The Morgan fingerprint density at radius 2 is 1.65 bits per heavy atom. The summed E-state index contributed by atoms with van der Waals surface area (Å²) in [5, 5.41) is 5.64. The number of furan rings is 1. The van der Waals surface area contributed by atoms with Crippen molar-refractivity contribution >= 4 is 52.2 Å². The summed E-state index contributed by atoms with van der Waals surface area (Å²) in [5.74, 6) is -0.524. The van der Waals surface area contributed by atoms with Gasteiger partial charge in [-0.1, -0.05) is 29.8 Å². The van der Waals surface area contributed by atoms with Crippen LogP contribution in [0.1, 0.15) is 67.4 Å². The summed E-state index contributed by atoms with van der Waals surface area (Å²) in [6.45, 7) is 3.63. The highest BCUT2D eigenvalue weighted by atomic mass is 35.5. The van der Waals surface area contributed by atoms with E-state index < -0.39 is 11.7 Å². The van der Waals surface area contributed by atoms with Gasteiger partial charge in [0, 0.05) is 66.3 Å². The Morgan fingerprint density at radius 3 is 2.44 bits per heavy atom. The molecule has 5 aromatic rings. The highest BCUT2D eigenvalue weighted by Crippen LogP contribution is 2.44. The van der Waals surface area contributed by atoms with Crippen LogP contribution in [0.5, 0.6) is 0 Å². The van der Waals surface area contributed by atoms with Crippen LogP contribution in [0.3, 0.4) is 0 Å². The Labute approximate surface area is 316 Å². The van der Waals surface area contributed by atoms with Crippen molar-refractivity contribution in [2.45, 2.75) is 38.5 Å². The summed E-state index contributed by atoms with van der Waals surface area (Å²) in [7, 11) is 0. The molecule has 9 rings (SSSR count). The van der Waals surface area contributed by atoms with Gasteiger partial charge in [-0.3, -0.25) is 14.4 Å². The normalized spacial score (nSPS) is 16.9. The number of nitrogens with zero attached hydrogens (tertiary/aromatic N) is 3. The molecule has 0 saturated carbocycles. The van der Waals surface area contributed by atoms with Gasteiger partial charge in [0.2, 0.25) is 0 Å². The number of pyridine rings is 1. The molecule has 2 aromatic heterocycles. The summed E-state index contributed by atoms with van der Waals surface area (Å²) in [5.41, 5.74) is 5.95. The van der Waals surface area contributed by atoms with E-state index in [2.05, 4.69) is 15.5 Å². The molecule has 0 bridgehead atoms. The highest BCUT2D eigenvalue weighted by Gasteiger charge is 2.45. The van der Waals surface area contributed by atoms with Crippen molar-refractivity contribution in [1.82, 2.24) is 4.98 Å². The number of anilines is 4. The number of fused-ring (bicyclic) bond motifs is 4. The second kappa shape index (κ2) is 13.7. The third kappa shape index (κ3) is 6.20. The van der Waals surface area contributed by atoms with E-state index >= 15 is 0 Å². The molecule has 54 heavy (non-hydrogen) atoms. The Hall–Kier alpha value is -5.52. The molecule has 274 valence electrons. The molecule has 5 heterocycles. The number of rotatable bonds is 6. The molecule has 12 heteroatoms. The number of ether oxygens (including phenoxy) is 1. The minimum Gasteiger partial charge on any atom is -0.451 e. The van der Waals surface area contributed by atoms with Crippen LogP contribution in [-0.4, -0.2) is 55.6 Å². The number of hydrogen-bond acceptors (Lipinski definition) is 7. The third-order valence-corrected chi connectivity index (χ3v) is 11.4. The topological polar surface area (TPSA) is 117 Å². The number of nitrogens with one attached hydrogen (secondary N) is 2. The second-order valence-electron chi connectivity index (χ2n) is 14.6. The summed E-state index contributed by atoms with van der Waals surface area (Å²) >= 11 is 6.12. The fourth-order valence-corrected chi connectivity index (χ4v) is 8.38. The smallest absolute Gasteiger partial charge is 0.291 e. The first-order chi connectivity index (χ1) is 26.2. The molecule has 1 aliphatic carbocycles. The summed E-state index contributed by atoms with van der Waals surface area (Å²) in [4.78, 5) is 49.9. The fourth-order valence-electron chi connectivity index (χ4n) is 8.16. The van der Waals surface area contributed by atoms with E-state index in [0.717, 1.165) is 81.0 Å². The van der Waals surface area contributed by atoms with Gasteiger partial charge in [0.25, 0.3) is 17.7 Å². The van der Waals surface area contributed by atoms with Crippen LogP contribution in [0.4, 0.5) is 27.3 Å². The lowest BCUT2D eigenvalue weighted by molar-refractivity contribution is -0.000521. The number of aryl methyl sites for hydroxylation is 2. The van der Waals surface area contributed by atoms with Crippen LogP contribution < -0.4 is 20.4 Å². The van der Waals surface area contributed by atoms with E-state index in [1.165, 1.54) is 18.2 Å². The molecule has 2 saturated heterocycles. The van der Waals surface area contributed by atoms with E-state index in [9.17, 15) is 18.8 Å². The maximum Gasteiger partial charge on any atom is 0.291 e. The van der Waals surface area contributed by atoms with Gasteiger partial charge in [0.05, 0.1) is 22.0 Å². The number of aromatic nitrogens is 1. The zero-order chi connectivity index (χ0) is 37.0. The molecular weight excluding hydrogens is 709 g/mol. The summed E-state index contributed by atoms with van der Waals surface area (Å²) < 4.78 is 26.0. The molecule has 3 amide bonds. The van der Waals surface area contributed by atoms with Crippen LogP contribution in [0.2, 0.25) is 5.02 Å². The van der Waals surface area contributed by atoms with Crippen LogP contribution >= 0.6 is 11.6 Å². The number of para-hydroxylation sites is 2. The predicted molar refractivity (Wildman–Crippen MR) is 204 cm³/mol. The summed E-state index contributed by atoms with van der Waals surface area (Å²) in [6.07, 6.45) is 5.36. The first kappa shape index (κ1) is 34.3. The van der Waals surface area contributed by atoms with Crippen LogP contribution in [-0.2, 0) is 24.0 Å². The van der Waals surface area contributed by atoms with Gasteiger partial charge in [-0.15, -0.1) is 0 Å². The predicted octanol–water partition coefficient (Wildman–Crippen LogP) is 7.95. The van der Waals surface area contributed by atoms with Crippen molar-refractivity contribution in [3.05, 3.63) is 123 Å². The first-order valence-electron chi connectivity index (χ1n) is 18.3. The van der Waals surface area contributed by atoms with Gasteiger partial charge in [-0.05, 0) is 105 Å². The fraction of sp³-hybridized carbons (Fsp3) is 0.286. The maximum absolute atomic E-state index is 14.4.